The van der Waals surface area contributed by atoms with E-state index >= 15 is 0 Å². The number of fused-ring (bicyclic) bond motifs is 1. The number of aliphatic imine (C=N–C) groups is 1. The van der Waals surface area contributed by atoms with Crippen LogP contribution in [0.3, 0.4) is 0 Å². The summed E-state index contributed by atoms with van der Waals surface area (Å²) in [5.41, 5.74) is 1.29. The maximum absolute atomic E-state index is 13.8. The summed E-state index contributed by atoms with van der Waals surface area (Å²) in [7, 11) is 3.54. The van der Waals surface area contributed by atoms with Crippen LogP contribution in [0.5, 0.6) is 11.5 Å². The van der Waals surface area contributed by atoms with Crippen molar-refractivity contribution in [1.29, 1.82) is 0 Å². The van der Waals surface area contributed by atoms with E-state index < -0.39 is 11.9 Å². The predicted molar refractivity (Wildman–Crippen MR) is 112 cm³/mol. The monoisotopic (exact) mass is 487 g/mol. The van der Waals surface area contributed by atoms with E-state index in [1.54, 1.807) is 25.2 Å². The number of nitrogens with zero attached hydrogens (tertiary/aromatic N) is 2. The number of hydrogen-bond donors (Lipinski definition) is 2. The molecule has 0 aliphatic carbocycles. The van der Waals surface area contributed by atoms with Gasteiger partial charge in [-0.1, -0.05) is 24.3 Å². The molecule has 0 saturated carbocycles. The SMILES string of the molecule is CN=C(NCC(O)c1ccccc1F)N(C)Cc1ccc2c(c1)OCO2.I. The normalized spacial score (nSPS) is 13.7. The Kier molecular flexibility index (Phi) is 7.66. The molecule has 1 aliphatic rings. The summed E-state index contributed by atoms with van der Waals surface area (Å²) < 4.78 is 24.5. The lowest BCUT2D eigenvalue weighted by molar-refractivity contribution is 0.174. The van der Waals surface area contributed by atoms with E-state index in [-0.39, 0.29) is 42.9 Å². The van der Waals surface area contributed by atoms with Gasteiger partial charge in [0.15, 0.2) is 17.5 Å². The molecule has 1 unspecified atom stereocenters. The molecular formula is C19H23FIN3O3. The van der Waals surface area contributed by atoms with Crippen LogP contribution in [0.1, 0.15) is 17.2 Å². The van der Waals surface area contributed by atoms with Gasteiger partial charge in [-0.05, 0) is 23.8 Å². The van der Waals surface area contributed by atoms with Crippen molar-refractivity contribution >= 4 is 29.9 Å². The van der Waals surface area contributed by atoms with Gasteiger partial charge in [0.1, 0.15) is 5.82 Å². The maximum Gasteiger partial charge on any atom is 0.231 e. The third-order valence-electron chi connectivity index (χ3n) is 4.15. The Labute approximate surface area is 175 Å². The Morgan fingerprint density at radius 1 is 1.26 bits per heavy atom. The minimum absolute atomic E-state index is 0. The van der Waals surface area contributed by atoms with Gasteiger partial charge in [0, 0.05) is 32.7 Å². The number of nitrogens with one attached hydrogen (secondary N) is 1. The number of benzene rings is 2. The molecule has 2 N–H and O–H groups in total. The number of aliphatic hydroxyl groups excluding tert-OH is 1. The second-order valence-electron chi connectivity index (χ2n) is 6.01. The van der Waals surface area contributed by atoms with Crippen molar-refractivity contribution in [2.45, 2.75) is 12.6 Å². The molecule has 1 aliphatic heterocycles. The first kappa shape index (κ1) is 21.2. The summed E-state index contributed by atoms with van der Waals surface area (Å²) in [6, 6.07) is 12.0. The minimum atomic E-state index is -0.966. The molecule has 2 aromatic rings. The molecule has 27 heavy (non-hydrogen) atoms. The minimum Gasteiger partial charge on any atom is -0.454 e. The van der Waals surface area contributed by atoms with E-state index in [0.717, 1.165) is 17.1 Å². The molecule has 6 nitrogen and oxygen atoms in total. The third kappa shape index (κ3) is 5.23. The van der Waals surface area contributed by atoms with Gasteiger partial charge in [0.2, 0.25) is 6.79 Å². The fraction of sp³-hybridized carbons (Fsp3) is 0.316. The summed E-state index contributed by atoms with van der Waals surface area (Å²) >= 11 is 0. The van der Waals surface area contributed by atoms with E-state index in [2.05, 4.69) is 10.3 Å². The highest BCUT2D eigenvalue weighted by Crippen LogP contribution is 2.32. The predicted octanol–water partition coefficient (Wildman–Crippen LogP) is 2.91. The Hall–Kier alpha value is -2.07. The smallest absolute Gasteiger partial charge is 0.231 e. The van der Waals surface area contributed by atoms with Crippen molar-refractivity contribution in [2.24, 2.45) is 4.99 Å². The summed E-state index contributed by atoms with van der Waals surface area (Å²) in [4.78, 5) is 6.12. The zero-order valence-electron chi connectivity index (χ0n) is 15.2. The number of hydrogen-bond acceptors (Lipinski definition) is 4. The summed E-state index contributed by atoms with van der Waals surface area (Å²) in [5, 5.41) is 13.3. The van der Waals surface area contributed by atoms with Crippen molar-refractivity contribution < 1.29 is 19.0 Å². The zero-order chi connectivity index (χ0) is 18.5. The van der Waals surface area contributed by atoms with Gasteiger partial charge in [-0.3, -0.25) is 4.99 Å². The lowest BCUT2D eigenvalue weighted by Crippen LogP contribution is -2.40. The van der Waals surface area contributed by atoms with Gasteiger partial charge >= 0.3 is 0 Å². The molecule has 3 rings (SSSR count). The highest BCUT2D eigenvalue weighted by Gasteiger charge is 2.16. The second-order valence-corrected chi connectivity index (χ2v) is 6.01. The van der Waals surface area contributed by atoms with Crippen molar-refractivity contribution in [3.8, 4) is 11.5 Å². The van der Waals surface area contributed by atoms with Crippen molar-refractivity contribution in [1.82, 2.24) is 10.2 Å². The van der Waals surface area contributed by atoms with Crippen molar-refractivity contribution in [2.75, 3.05) is 27.4 Å². The topological polar surface area (TPSA) is 66.3 Å². The molecule has 0 amide bonds. The van der Waals surface area contributed by atoms with Gasteiger partial charge in [-0.25, -0.2) is 4.39 Å². The van der Waals surface area contributed by atoms with Gasteiger partial charge < -0.3 is 24.8 Å². The Morgan fingerprint density at radius 3 is 2.74 bits per heavy atom. The van der Waals surface area contributed by atoms with Crippen LogP contribution in [-0.2, 0) is 6.54 Å². The average molecular weight is 487 g/mol. The van der Waals surface area contributed by atoms with Gasteiger partial charge in [0.25, 0.3) is 0 Å². The highest BCUT2D eigenvalue weighted by molar-refractivity contribution is 14.0. The van der Waals surface area contributed by atoms with Crippen molar-refractivity contribution in [3.63, 3.8) is 0 Å². The first-order valence-electron chi connectivity index (χ1n) is 8.31. The first-order chi connectivity index (χ1) is 12.6. The van der Waals surface area contributed by atoms with E-state index in [9.17, 15) is 9.50 Å². The molecule has 0 radical (unpaired) electrons. The van der Waals surface area contributed by atoms with Crippen LogP contribution < -0.4 is 14.8 Å². The maximum atomic E-state index is 13.8. The van der Waals surface area contributed by atoms with Crippen LogP contribution in [0.2, 0.25) is 0 Å². The molecule has 0 saturated heterocycles. The lowest BCUT2D eigenvalue weighted by atomic mass is 10.1. The number of rotatable bonds is 5. The number of guanidine groups is 1. The fourth-order valence-electron chi connectivity index (χ4n) is 2.82. The van der Waals surface area contributed by atoms with E-state index in [1.165, 1.54) is 6.07 Å². The molecule has 0 spiro atoms. The number of ether oxygens (including phenoxy) is 2. The average Bonchev–Trinajstić information content (AvgIpc) is 3.10. The van der Waals surface area contributed by atoms with E-state index in [4.69, 9.17) is 9.47 Å². The van der Waals surface area contributed by atoms with Gasteiger partial charge in [0.05, 0.1) is 6.10 Å². The quantitative estimate of drug-likeness (QED) is 0.386. The second kappa shape index (κ2) is 9.75. The van der Waals surface area contributed by atoms with Crippen LogP contribution in [0.15, 0.2) is 47.5 Å². The van der Waals surface area contributed by atoms with Crippen LogP contribution in [-0.4, -0.2) is 43.4 Å². The molecular weight excluding hydrogens is 464 g/mol. The summed E-state index contributed by atoms with van der Waals surface area (Å²) in [6.45, 7) is 0.983. The summed E-state index contributed by atoms with van der Waals surface area (Å²) in [6.07, 6.45) is -0.966. The first-order valence-corrected chi connectivity index (χ1v) is 8.31. The van der Waals surface area contributed by atoms with Crippen LogP contribution >= 0.6 is 24.0 Å². The third-order valence-corrected chi connectivity index (χ3v) is 4.15. The largest absolute Gasteiger partial charge is 0.454 e. The molecule has 0 bridgehead atoms. The van der Waals surface area contributed by atoms with Crippen molar-refractivity contribution in [3.05, 3.63) is 59.4 Å². The standard InChI is InChI=1S/C19H22FN3O3.HI/c1-21-19(22-10-16(24)14-5-3-4-6-15(14)20)23(2)11-13-7-8-17-18(9-13)26-12-25-17;/h3-9,16,24H,10-12H2,1-2H3,(H,21,22);1H. The molecule has 8 heteroatoms. The fourth-order valence-corrected chi connectivity index (χ4v) is 2.82. The van der Waals surface area contributed by atoms with Gasteiger partial charge in [-0.2, -0.15) is 0 Å². The molecule has 146 valence electrons. The Balaban J connectivity index is 0.00000261. The lowest BCUT2D eigenvalue weighted by Gasteiger charge is -2.23. The molecule has 2 aromatic carbocycles. The van der Waals surface area contributed by atoms with Crippen LogP contribution in [0.4, 0.5) is 4.39 Å². The highest BCUT2D eigenvalue weighted by atomic mass is 127. The van der Waals surface area contributed by atoms with Crippen LogP contribution in [0, 0.1) is 5.82 Å². The van der Waals surface area contributed by atoms with Crippen LogP contribution in [0.25, 0.3) is 0 Å². The molecule has 1 atom stereocenters. The summed E-state index contributed by atoms with van der Waals surface area (Å²) in [5.74, 6) is 1.64. The number of aliphatic hydroxyl groups is 1. The molecule has 0 fully saturated rings. The zero-order valence-corrected chi connectivity index (χ0v) is 17.5. The van der Waals surface area contributed by atoms with E-state index in [1.807, 2.05) is 30.1 Å². The Morgan fingerprint density at radius 2 is 2.00 bits per heavy atom. The van der Waals surface area contributed by atoms with E-state index in [0.29, 0.717) is 12.5 Å². The van der Waals surface area contributed by atoms with Gasteiger partial charge in [-0.15, -0.1) is 24.0 Å². The molecule has 1 heterocycles. The number of halogens is 2. The molecule has 0 aromatic heterocycles. The Bertz CT molecular complexity index is 804.